The lowest BCUT2D eigenvalue weighted by Crippen LogP contribution is -2.43. The zero-order valence-corrected chi connectivity index (χ0v) is 26.4. The van der Waals surface area contributed by atoms with Crippen molar-refractivity contribution in [3.05, 3.63) is 23.8 Å². The number of methoxy groups -OCH3 is 2. The van der Waals surface area contributed by atoms with Crippen LogP contribution in [0, 0.1) is 23.7 Å². The van der Waals surface area contributed by atoms with E-state index in [9.17, 15) is 14.7 Å². The van der Waals surface area contributed by atoms with Crippen LogP contribution in [0.2, 0.25) is 0 Å². The number of nitrogens with one attached hydrogen (secondary N) is 2. The van der Waals surface area contributed by atoms with Gasteiger partial charge in [0.1, 0.15) is 0 Å². The molecule has 5 N–H and O–H groups in total. The molecule has 1 rings (SSSR count). The first-order chi connectivity index (χ1) is 18.5. The molecular weight excluding hydrogens is 534 g/mol. The van der Waals surface area contributed by atoms with Crippen LogP contribution >= 0.6 is 12.4 Å². The number of aliphatic hydroxyl groups is 1. The molecule has 0 bridgehead atoms. The number of ether oxygens (including phenoxy) is 3. The molecule has 9 nitrogen and oxygen atoms in total. The molecule has 1 aromatic carbocycles. The second kappa shape index (κ2) is 20.8. The van der Waals surface area contributed by atoms with Gasteiger partial charge in [-0.25, -0.2) is 0 Å². The molecule has 4 atom stereocenters. The molecule has 0 heterocycles. The van der Waals surface area contributed by atoms with Gasteiger partial charge < -0.3 is 35.7 Å². The van der Waals surface area contributed by atoms with E-state index >= 15 is 0 Å². The standard InChI is InChI=1S/C30H53N3O6.ClH/c1-20(2)23(16-22-11-12-27(38-7)28(17-22)39-15-9-14-37-6)18-25(31)26(34)19-24(21(3)4)30(36)33-13-8-10-29(35)32-5;/h11-12,17,20-21,23-26,34H,8-10,13-16,18-19,31H2,1-7H3,(H,32,35)(H,33,36);1H/t23-,24-,25-,26-;/m0./s1. The number of carbonyl (C=O) groups excluding carboxylic acids is 2. The lowest BCUT2D eigenvalue weighted by molar-refractivity contribution is -0.128. The highest BCUT2D eigenvalue weighted by atomic mass is 35.5. The average molecular weight is 588 g/mol. The molecule has 0 fully saturated rings. The number of rotatable bonds is 20. The third-order valence-electron chi connectivity index (χ3n) is 7.28. The van der Waals surface area contributed by atoms with E-state index in [1.807, 2.05) is 32.0 Å². The van der Waals surface area contributed by atoms with Crippen LogP contribution in [-0.2, 0) is 20.7 Å². The van der Waals surface area contributed by atoms with Gasteiger partial charge in [0.15, 0.2) is 11.5 Å². The zero-order chi connectivity index (χ0) is 29.4. The number of benzene rings is 1. The molecule has 0 aliphatic rings. The molecule has 10 heteroatoms. The molecule has 0 saturated carbocycles. The minimum atomic E-state index is -0.800. The first kappa shape index (κ1) is 37.9. The molecule has 40 heavy (non-hydrogen) atoms. The molecule has 0 aliphatic heterocycles. The number of hydrogen-bond acceptors (Lipinski definition) is 7. The van der Waals surface area contributed by atoms with Crippen molar-refractivity contribution >= 4 is 24.2 Å². The maximum atomic E-state index is 12.8. The second-order valence-corrected chi connectivity index (χ2v) is 11.0. The van der Waals surface area contributed by atoms with E-state index in [0.29, 0.717) is 62.9 Å². The average Bonchev–Trinajstić information content (AvgIpc) is 2.90. The molecule has 232 valence electrons. The summed E-state index contributed by atoms with van der Waals surface area (Å²) in [6.07, 6.45) is 2.64. The summed E-state index contributed by atoms with van der Waals surface area (Å²) in [7, 11) is 4.90. The summed E-state index contributed by atoms with van der Waals surface area (Å²) in [5.74, 6) is 1.52. The molecular formula is C30H54ClN3O6. The Hall–Kier alpha value is -2.07. The second-order valence-electron chi connectivity index (χ2n) is 11.0. The van der Waals surface area contributed by atoms with E-state index in [-0.39, 0.29) is 42.0 Å². The van der Waals surface area contributed by atoms with E-state index in [1.165, 1.54) is 0 Å². The molecule has 0 aliphatic carbocycles. The lowest BCUT2D eigenvalue weighted by Gasteiger charge is -2.30. The minimum Gasteiger partial charge on any atom is -0.493 e. The molecule has 0 spiro atoms. The quantitative estimate of drug-likeness (QED) is 0.171. The van der Waals surface area contributed by atoms with Crippen molar-refractivity contribution in [2.75, 3.05) is 41.0 Å². The van der Waals surface area contributed by atoms with Crippen LogP contribution in [0.15, 0.2) is 18.2 Å². The summed E-state index contributed by atoms with van der Waals surface area (Å²) in [6.45, 7) is 9.88. The monoisotopic (exact) mass is 587 g/mol. The summed E-state index contributed by atoms with van der Waals surface area (Å²) < 4.78 is 16.5. The Morgan fingerprint density at radius 2 is 1.70 bits per heavy atom. The van der Waals surface area contributed by atoms with Crippen LogP contribution in [0.4, 0.5) is 0 Å². The number of aliphatic hydroxyl groups excluding tert-OH is 1. The van der Waals surface area contributed by atoms with Crippen molar-refractivity contribution in [1.29, 1.82) is 0 Å². The SMILES string of the molecule is CNC(=O)CCCNC(=O)[C@@H](C[C@H](O)[C@@H](N)C[C@H](Cc1ccc(OC)c(OCCCOC)c1)C(C)C)C(C)C.Cl. The molecule has 0 aromatic heterocycles. The number of amides is 2. The third kappa shape index (κ3) is 14.0. The zero-order valence-electron chi connectivity index (χ0n) is 25.5. The Kier molecular flexibility index (Phi) is 19.7. The first-order valence-electron chi connectivity index (χ1n) is 14.2. The topological polar surface area (TPSA) is 132 Å². The number of halogens is 1. The molecule has 1 aromatic rings. The Morgan fingerprint density at radius 1 is 1.00 bits per heavy atom. The van der Waals surface area contributed by atoms with Gasteiger partial charge in [-0.05, 0) is 61.1 Å². The van der Waals surface area contributed by atoms with E-state index in [2.05, 4.69) is 24.5 Å². The summed E-state index contributed by atoms with van der Waals surface area (Å²) >= 11 is 0. The van der Waals surface area contributed by atoms with Crippen LogP contribution in [0.5, 0.6) is 11.5 Å². The summed E-state index contributed by atoms with van der Waals surface area (Å²) in [6, 6.07) is 5.53. The van der Waals surface area contributed by atoms with E-state index in [1.54, 1.807) is 21.3 Å². The maximum Gasteiger partial charge on any atom is 0.223 e. The van der Waals surface area contributed by atoms with Crippen molar-refractivity contribution in [2.45, 2.75) is 78.4 Å². The van der Waals surface area contributed by atoms with E-state index in [4.69, 9.17) is 19.9 Å². The lowest BCUT2D eigenvalue weighted by atomic mass is 9.81. The van der Waals surface area contributed by atoms with Crippen molar-refractivity contribution in [3.63, 3.8) is 0 Å². The first-order valence-corrected chi connectivity index (χ1v) is 14.2. The Balaban J connectivity index is 0.0000152. The normalized spacial score (nSPS) is 14.2. The number of carbonyl (C=O) groups is 2. The van der Waals surface area contributed by atoms with Gasteiger partial charge >= 0.3 is 0 Å². The number of nitrogens with two attached hydrogens (primary N) is 1. The summed E-state index contributed by atoms with van der Waals surface area (Å²) in [5.41, 5.74) is 7.64. The number of hydrogen-bond donors (Lipinski definition) is 4. The molecule has 2 amide bonds. The van der Waals surface area contributed by atoms with Crippen LogP contribution < -0.4 is 25.8 Å². The third-order valence-corrected chi connectivity index (χ3v) is 7.28. The predicted octanol–water partition coefficient (Wildman–Crippen LogP) is 3.73. The van der Waals surface area contributed by atoms with Crippen molar-refractivity contribution in [1.82, 2.24) is 10.6 Å². The molecule has 0 saturated heterocycles. The molecule has 0 radical (unpaired) electrons. The van der Waals surface area contributed by atoms with Crippen LogP contribution in [-0.4, -0.2) is 70.1 Å². The van der Waals surface area contributed by atoms with Gasteiger partial charge in [0.25, 0.3) is 0 Å². The van der Waals surface area contributed by atoms with Gasteiger partial charge in [0.05, 0.1) is 19.8 Å². The fourth-order valence-electron chi connectivity index (χ4n) is 4.58. The van der Waals surface area contributed by atoms with Crippen molar-refractivity contribution < 1.29 is 28.9 Å². The highest BCUT2D eigenvalue weighted by Crippen LogP contribution is 2.31. The minimum absolute atomic E-state index is 0. The Labute approximate surface area is 247 Å². The van der Waals surface area contributed by atoms with Gasteiger partial charge in [0.2, 0.25) is 11.8 Å². The van der Waals surface area contributed by atoms with Crippen molar-refractivity contribution in [3.8, 4) is 11.5 Å². The van der Waals surface area contributed by atoms with Gasteiger partial charge in [0, 0.05) is 52.1 Å². The Morgan fingerprint density at radius 3 is 2.27 bits per heavy atom. The summed E-state index contributed by atoms with van der Waals surface area (Å²) in [4.78, 5) is 24.2. The molecule has 0 unspecified atom stereocenters. The van der Waals surface area contributed by atoms with Crippen LogP contribution in [0.3, 0.4) is 0 Å². The van der Waals surface area contributed by atoms with Gasteiger partial charge in [-0.15, -0.1) is 12.4 Å². The van der Waals surface area contributed by atoms with E-state index < -0.39 is 12.1 Å². The maximum absolute atomic E-state index is 12.8. The highest BCUT2D eigenvalue weighted by Gasteiger charge is 2.29. The highest BCUT2D eigenvalue weighted by molar-refractivity contribution is 5.85. The van der Waals surface area contributed by atoms with Crippen LogP contribution in [0.1, 0.15) is 65.4 Å². The van der Waals surface area contributed by atoms with Gasteiger partial charge in [-0.1, -0.05) is 33.8 Å². The predicted molar refractivity (Wildman–Crippen MR) is 162 cm³/mol. The van der Waals surface area contributed by atoms with Crippen LogP contribution in [0.25, 0.3) is 0 Å². The van der Waals surface area contributed by atoms with Gasteiger partial charge in [-0.2, -0.15) is 0 Å². The van der Waals surface area contributed by atoms with E-state index in [0.717, 1.165) is 18.4 Å². The summed E-state index contributed by atoms with van der Waals surface area (Å²) in [5, 5.41) is 16.5. The fraction of sp³-hybridized carbons (Fsp3) is 0.733. The smallest absolute Gasteiger partial charge is 0.223 e. The Bertz CT molecular complexity index is 855. The van der Waals surface area contributed by atoms with Gasteiger partial charge in [-0.3, -0.25) is 9.59 Å². The van der Waals surface area contributed by atoms with Crippen molar-refractivity contribution in [2.24, 2.45) is 29.4 Å². The largest absolute Gasteiger partial charge is 0.493 e. The fourth-order valence-corrected chi connectivity index (χ4v) is 4.58.